The topological polar surface area (TPSA) is 49.9 Å². The van der Waals surface area contributed by atoms with Gasteiger partial charge in [0.2, 0.25) is 0 Å². The molecule has 58 valence electrons. The Morgan fingerprint density at radius 1 is 1.36 bits per heavy atom. The van der Waals surface area contributed by atoms with E-state index in [1.807, 2.05) is 24.3 Å². The minimum Gasteiger partial charge on any atom is -0.378 e. The van der Waals surface area contributed by atoms with Gasteiger partial charge in [-0.15, -0.1) is 0 Å². The summed E-state index contributed by atoms with van der Waals surface area (Å²) in [6, 6.07) is 7.89. The van der Waals surface area contributed by atoms with Gasteiger partial charge in [0.1, 0.15) is 0 Å². The summed E-state index contributed by atoms with van der Waals surface area (Å²) in [4.78, 5) is 1.01. The Labute approximate surface area is 83.2 Å². The Hall–Kier alpha value is -0.230. The highest BCUT2D eigenvalue weighted by molar-refractivity contribution is 14.1. The molecule has 0 spiro atoms. The van der Waals surface area contributed by atoms with E-state index in [1.165, 1.54) is 15.3 Å². The maximum absolute atomic E-state index is 7.02. The number of benzene rings is 1. The van der Waals surface area contributed by atoms with E-state index in [4.69, 9.17) is 11.1 Å². The number of nitrogens with two attached hydrogens (primary N) is 1. The van der Waals surface area contributed by atoms with Crippen molar-refractivity contribution in [2.45, 2.75) is 4.90 Å². The highest BCUT2D eigenvalue weighted by Crippen LogP contribution is 2.17. The first-order valence-corrected chi connectivity index (χ1v) is 4.85. The van der Waals surface area contributed by atoms with Gasteiger partial charge in [-0.05, 0) is 46.9 Å². The van der Waals surface area contributed by atoms with Gasteiger partial charge in [-0.3, -0.25) is 5.41 Å². The number of nitrogens with one attached hydrogen (secondary N) is 1. The molecule has 1 aromatic carbocycles. The monoisotopic (exact) mass is 278 g/mol. The number of amidine groups is 1. The molecule has 0 aliphatic heterocycles. The van der Waals surface area contributed by atoms with Gasteiger partial charge in [0.15, 0.2) is 5.17 Å². The van der Waals surface area contributed by atoms with Gasteiger partial charge in [0, 0.05) is 8.47 Å². The van der Waals surface area contributed by atoms with Crippen LogP contribution in [0.5, 0.6) is 0 Å². The van der Waals surface area contributed by atoms with Crippen LogP contribution in [0.15, 0.2) is 29.2 Å². The molecule has 0 atom stereocenters. The van der Waals surface area contributed by atoms with Crippen molar-refractivity contribution in [3.63, 3.8) is 0 Å². The Morgan fingerprint density at radius 2 is 1.91 bits per heavy atom. The highest BCUT2D eigenvalue weighted by atomic mass is 127. The van der Waals surface area contributed by atoms with Crippen LogP contribution >= 0.6 is 34.4 Å². The van der Waals surface area contributed by atoms with Crippen LogP contribution in [0.3, 0.4) is 0 Å². The van der Waals surface area contributed by atoms with E-state index >= 15 is 0 Å². The van der Waals surface area contributed by atoms with E-state index in [2.05, 4.69) is 22.6 Å². The fraction of sp³-hybridized carbons (Fsp3) is 0. The summed E-state index contributed by atoms with van der Waals surface area (Å²) in [5.74, 6) is 0. The minimum atomic E-state index is 0.131. The van der Waals surface area contributed by atoms with Crippen molar-refractivity contribution in [3.05, 3.63) is 27.8 Å². The van der Waals surface area contributed by atoms with Gasteiger partial charge < -0.3 is 5.73 Å². The third-order valence-electron chi connectivity index (χ3n) is 1.04. The third-order valence-corrected chi connectivity index (χ3v) is 2.49. The molecular weight excluding hydrogens is 271 g/mol. The lowest BCUT2D eigenvalue weighted by Gasteiger charge is -1.97. The predicted octanol–water partition coefficient (Wildman–Crippen LogP) is 2.28. The summed E-state index contributed by atoms with van der Waals surface area (Å²) < 4.78 is 1.19. The van der Waals surface area contributed by atoms with Crippen molar-refractivity contribution in [1.29, 1.82) is 5.41 Å². The second kappa shape index (κ2) is 3.96. The molecule has 0 amide bonds. The van der Waals surface area contributed by atoms with Crippen molar-refractivity contribution in [2.24, 2.45) is 5.73 Å². The molecule has 4 heteroatoms. The van der Waals surface area contributed by atoms with Crippen LogP contribution in [0.2, 0.25) is 0 Å². The van der Waals surface area contributed by atoms with Crippen molar-refractivity contribution < 1.29 is 0 Å². The molecule has 0 fully saturated rings. The lowest BCUT2D eigenvalue weighted by Crippen LogP contribution is -2.02. The average molecular weight is 278 g/mol. The van der Waals surface area contributed by atoms with Crippen LogP contribution < -0.4 is 5.73 Å². The quantitative estimate of drug-likeness (QED) is 0.358. The largest absolute Gasteiger partial charge is 0.378 e. The summed E-state index contributed by atoms with van der Waals surface area (Å²) in [7, 11) is 0. The molecule has 2 nitrogen and oxygen atoms in total. The second-order valence-corrected chi connectivity index (χ2v) is 4.28. The molecule has 0 aliphatic rings. The molecule has 0 aromatic heterocycles. The van der Waals surface area contributed by atoms with Gasteiger partial charge in [-0.1, -0.05) is 11.8 Å². The second-order valence-electron chi connectivity index (χ2n) is 1.92. The molecule has 3 N–H and O–H groups in total. The van der Waals surface area contributed by atoms with E-state index in [1.54, 1.807) is 0 Å². The Balaban J connectivity index is 2.74. The minimum absolute atomic E-state index is 0.131. The number of thioether (sulfide) groups is 1. The molecular formula is C7H7IN2S. The summed E-state index contributed by atoms with van der Waals surface area (Å²) in [6.45, 7) is 0. The van der Waals surface area contributed by atoms with Crippen LogP contribution in [0, 0.1) is 8.98 Å². The summed E-state index contributed by atoms with van der Waals surface area (Å²) in [5, 5.41) is 7.16. The molecule has 0 saturated heterocycles. The first kappa shape index (κ1) is 8.86. The number of hydrogen-bond acceptors (Lipinski definition) is 2. The molecule has 1 aromatic rings. The molecule has 11 heavy (non-hydrogen) atoms. The SMILES string of the molecule is N=C(N)Sc1ccc(I)cc1. The highest BCUT2D eigenvalue weighted by Gasteiger charge is 1.94. The molecule has 1 rings (SSSR count). The zero-order valence-electron chi connectivity index (χ0n) is 5.67. The first-order chi connectivity index (χ1) is 5.18. The normalized spacial score (nSPS) is 9.55. The van der Waals surface area contributed by atoms with E-state index in [9.17, 15) is 0 Å². The Morgan fingerprint density at radius 3 is 2.36 bits per heavy atom. The summed E-state index contributed by atoms with van der Waals surface area (Å²) in [6.07, 6.45) is 0. The van der Waals surface area contributed by atoms with E-state index in [0.29, 0.717) is 0 Å². The molecule has 0 bridgehead atoms. The van der Waals surface area contributed by atoms with Crippen molar-refractivity contribution >= 4 is 39.5 Å². The van der Waals surface area contributed by atoms with E-state index < -0.39 is 0 Å². The molecule has 0 radical (unpaired) electrons. The van der Waals surface area contributed by atoms with Crippen molar-refractivity contribution in [3.8, 4) is 0 Å². The molecule has 0 aliphatic carbocycles. The average Bonchev–Trinajstić information content (AvgIpc) is 1.93. The Kier molecular flexibility index (Phi) is 3.19. The Bertz CT molecular complexity index is 258. The number of rotatable bonds is 1. The van der Waals surface area contributed by atoms with Gasteiger partial charge in [-0.2, -0.15) is 0 Å². The third kappa shape index (κ3) is 3.11. The van der Waals surface area contributed by atoms with Gasteiger partial charge >= 0.3 is 0 Å². The standard InChI is InChI=1S/C7H7IN2S/c8-5-1-3-6(4-2-5)11-7(9)10/h1-4H,(H3,9,10). The zero-order chi connectivity index (χ0) is 8.27. The van der Waals surface area contributed by atoms with Gasteiger partial charge in [0.05, 0.1) is 0 Å². The zero-order valence-corrected chi connectivity index (χ0v) is 8.65. The lowest BCUT2D eigenvalue weighted by atomic mass is 10.4. The van der Waals surface area contributed by atoms with Crippen LogP contribution in [-0.4, -0.2) is 5.17 Å². The molecule has 0 unspecified atom stereocenters. The predicted molar refractivity (Wildman–Crippen MR) is 56.9 cm³/mol. The van der Waals surface area contributed by atoms with Gasteiger partial charge in [0.25, 0.3) is 0 Å². The van der Waals surface area contributed by atoms with Crippen molar-refractivity contribution in [2.75, 3.05) is 0 Å². The lowest BCUT2D eigenvalue weighted by molar-refractivity contribution is 1.44. The summed E-state index contributed by atoms with van der Waals surface area (Å²) >= 11 is 3.50. The smallest absolute Gasteiger partial charge is 0.155 e. The maximum atomic E-state index is 7.02. The van der Waals surface area contributed by atoms with Crippen LogP contribution in [0.25, 0.3) is 0 Å². The molecule has 0 heterocycles. The first-order valence-electron chi connectivity index (χ1n) is 2.96. The maximum Gasteiger partial charge on any atom is 0.155 e. The van der Waals surface area contributed by atoms with E-state index in [-0.39, 0.29) is 5.17 Å². The van der Waals surface area contributed by atoms with Gasteiger partial charge in [-0.25, -0.2) is 0 Å². The molecule has 0 saturated carbocycles. The summed E-state index contributed by atoms with van der Waals surface area (Å²) in [5.41, 5.74) is 5.21. The van der Waals surface area contributed by atoms with Crippen LogP contribution in [0.1, 0.15) is 0 Å². The van der Waals surface area contributed by atoms with Crippen LogP contribution in [-0.2, 0) is 0 Å². The number of hydrogen-bond donors (Lipinski definition) is 2. The fourth-order valence-corrected chi connectivity index (χ4v) is 1.52. The van der Waals surface area contributed by atoms with Crippen LogP contribution in [0.4, 0.5) is 0 Å². The van der Waals surface area contributed by atoms with E-state index in [0.717, 1.165) is 4.90 Å². The fourth-order valence-electron chi connectivity index (χ4n) is 0.630. The number of halogens is 1. The van der Waals surface area contributed by atoms with Crippen molar-refractivity contribution in [1.82, 2.24) is 0 Å².